The van der Waals surface area contributed by atoms with Crippen molar-refractivity contribution in [2.45, 2.75) is 50.5 Å². The van der Waals surface area contributed by atoms with Crippen LogP contribution in [0.25, 0.3) is 11.3 Å². The molecule has 1 N–H and O–H groups in total. The Hall–Kier alpha value is -4.67. The first kappa shape index (κ1) is 26.9. The van der Waals surface area contributed by atoms with Crippen molar-refractivity contribution >= 4 is 28.8 Å². The van der Waals surface area contributed by atoms with Crippen LogP contribution in [0.2, 0.25) is 0 Å². The first-order valence-electron chi connectivity index (χ1n) is 15.6. The normalized spacial score (nSPS) is 21.7. The predicted octanol–water partition coefficient (Wildman–Crippen LogP) is 3.86. The molecule has 11 nitrogen and oxygen atoms in total. The first-order chi connectivity index (χ1) is 21.4. The van der Waals surface area contributed by atoms with Gasteiger partial charge in [0.2, 0.25) is 0 Å². The molecule has 3 aliphatic heterocycles. The first-order valence-corrected chi connectivity index (χ1v) is 15.6. The summed E-state index contributed by atoms with van der Waals surface area (Å²) in [7, 11) is 0. The van der Waals surface area contributed by atoms with Crippen LogP contribution in [0.5, 0.6) is 0 Å². The van der Waals surface area contributed by atoms with Gasteiger partial charge >= 0.3 is 6.03 Å². The highest BCUT2D eigenvalue weighted by molar-refractivity contribution is 5.78. The molecule has 3 fully saturated rings. The van der Waals surface area contributed by atoms with Crippen molar-refractivity contribution in [3.05, 3.63) is 84.3 Å². The van der Waals surface area contributed by atoms with E-state index in [-0.39, 0.29) is 17.0 Å². The number of nitrogens with one attached hydrogen (secondary N) is 1. The van der Waals surface area contributed by atoms with Crippen LogP contribution in [0.4, 0.5) is 16.3 Å². The number of imidazole rings is 1. The minimum absolute atomic E-state index is 0.00432. The number of aromatic nitrogens is 6. The number of fused-ring (bicyclic) bond motifs is 2. The van der Waals surface area contributed by atoms with Crippen LogP contribution in [0.15, 0.2) is 67.4 Å². The number of aryl methyl sites for hydroxylation is 1. The van der Waals surface area contributed by atoms with Crippen LogP contribution in [0.1, 0.15) is 43.1 Å². The molecule has 1 spiro atoms. The zero-order chi connectivity index (χ0) is 29.9. The molecule has 1 aromatic carbocycles. The van der Waals surface area contributed by atoms with Gasteiger partial charge in [0, 0.05) is 75.9 Å². The van der Waals surface area contributed by atoms with Crippen LogP contribution in [-0.4, -0.2) is 84.7 Å². The Bertz CT molecular complexity index is 1840. The van der Waals surface area contributed by atoms with E-state index in [9.17, 15) is 4.79 Å². The topological polar surface area (TPSA) is 99.2 Å². The van der Waals surface area contributed by atoms with E-state index in [4.69, 9.17) is 10.1 Å². The molecule has 0 radical (unpaired) electrons. The van der Waals surface area contributed by atoms with Gasteiger partial charge in [-0.1, -0.05) is 37.3 Å². The highest BCUT2D eigenvalue weighted by Crippen LogP contribution is 2.37. The molecule has 0 saturated carbocycles. The molecule has 8 rings (SSSR count). The third kappa shape index (κ3) is 4.61. The average molecular weight is 591 g/mol. The average Bonchev–Trinajstić information content (AvgIpc) is 3.83. The fourth-order valence-electron chi connectivity index (χ4n) is 7.40. The van der Waals surface area contributed by atoms with E-state index in [1.54, 1.807) is 6.20 Å². The molecule has 11 heteroatoms. The molecule has 0 unspecified atom stereocenters. The number of amides is 2. The van der Waals surface area contributed by atoms with Crippen molar-refractivity contribution in [1.29, 1.82) is 0 Å². The van der Waals surface area contributed by atoms with Crippen molar-refractivity contribution in [1.82, 2.24) is 39.2 Å². The predicted molar refractivity (Wildman–Crippen MR) is 169 cm³/mol. The number of benzene rings is 1. The summed E-state index contributed by atoms with van der Waals surface area (Å²) in [5.74, 6) is 1.67. The number of piperidine rings is 1. The van der Waals surface area contributed by atoms with Crippen LogP contribution in [-0.2, 0) is 11.8 Å². The van der Waals surface area contributed by atoms with E-state index in [1.807, 2.05) is 32.4 Å². The smallest absolute Gasteiger partial charge is 0.317 e. The second-order valence-electron chi connectivity index (χ2n) is 13.1. The Morgan fingerprint density at radius 3 is 2.52 bits per heavy atom. The molecule has 0 bridgehead atoms. The molecular formula is C33H38N10O. The van der Waals surface area contributed by atoms with E-state index in [2.05, 4.69) is 81.5 Å². The van der Waals surface area contributed by atoms with Crippen molar-refractivity contribution in [2.75, 3.05) is 49.1 Å². The van der Waals surface area contributed by atoms with Gasteiger partial charge in [-0.3, -0.25) is 0 Å². The zero-order valence-corrected chi connectivity index (χ0v) is 25.4. The number of anilines is 2. The number of hydrogen-bond acceptors (Lipinski definition) is 7. The number of urea groups is 1. The van der Waals surface area contributed by atoms with Crippen LogP contribution < -0.4 is 15.1 Å². The maximum atomic E-state index is 13.1. The summed E-state index contributed by atoms with van der Waals surface area (Å²) in [4.78, 5) is 33.7. The quantitative estimate of drug-likeness (QED) is 0.321. The van der Waals surface area contributed by atoms with Crippen LogP contribution >= 0.6 is 0 Å². The van der Waals surface area contributed by atoms with Crippen molar-refractivity contribution in [3.63, 3.8) is 0 Å². The molecule has 7 heterocycles. The Balaban J connectivity index is 0.916. The summed E-state index contributed by atoms with van der Waals surface area (Å²) >= 11 is 0. The number of hydrogen-bond donors (Lipinski definition) is 1. The molecule has 44 heavy (non-hydrogen) atoms. The van der Waals surface area contributed by atoms with Crippen molar-refractivity contribution in [3.8, 4) is 0 Å². The molecule has 5 aromatic rings. The van der Waals surface area contributed by atoms with Gasteiger partial charge in [-0.15, -0.1) is 0 Å². The Labute approximate surface area is 256 Å². The molecular weight excluding hydrogens is 552 g/mol. The fraction of sp³-hybridized carbons (Fsp3) is 0.424. The number of rotatable bonds is 6. The van der Waals surface area contributed by atoms with Crippen molar-refractivity contribution in [2.24, 2.45) is 0 Å². The number of nitrogens with zero attached hydrogens (tertiary/aromatic N) is 9. The summed E-state index contributed by atoms with van der Waals surface area (Å²) in [6.45, 7) is 9.40. The number of carbonyl (C=O) groups is 1. The lowest BCUT2D eigenvalue weighted by atomic mass is 9.82. The van der Waals surface area contributed by atoms with Gasteiger partial charge in [0.05, 0.1) is 17.4 Å². The minimum atomic E-state index is -0.212. The lowest BCUT2D eigenvalue weighted by molar-refractivity contribution is 0.217. The zero-order valence-electron chi connectivity index (χ0n) is 25.4. The standard InChI is InChI=1S/C33H38N10O/c1-24-20-26(41-15-9-32(2,22-41)25-6-4-3-5-7-25)21-43-28(24)36-27(38-43)8-14-42-23-33(37-31(42)44)10-16-39(17-11-33)29-30-35-13-19-40(30)18-12-34-29/h3-7,12-13,18-21H,8-11,14-17,22-23H2,1-2H3,(H,37,44)/t32-/m1/s1. The SMILES string of the molecule is Cc1cc(N2CC[C@@](C)(c3ccccc3)C2)cn2nc(CCN3CC4(CCN(c5nccn6ccnc56)CC4)NC3=O)nc12. The molecule has 2 amide bonds. The molecule has 1 atom stereocenters. The van der Waals surface area contributed by atoms with Gasteiger partial charge in [0.25, 0.3) is 0 Å². The van der Waals surface area contributed by atoms with Gasteiger partial charge in [-0.25, -0.2) is 24.3 Å². The van der Waals surface area contributed by atoms with Gasteiger partial charge in [-0.2, -0.15) is 5.10 Å². The second kappa shape index (κ2) is 10.2. The number of carbonyl (C=O) groups excluding carboxylic acids is 1. The third-order valence-electron chi connectivity index (χ3n) is 10.0. The maximum absolute atomic E-state index is 13.1. The molecule has 0 aliphatic carbocycles. The van der Waals surface area contributed by atoms with Gasteiger partial charge in [0.1, 0.15) is 0 Å². The Kier molecular flexibility index (Phi) is 6.25. The Morgan fingerprint density at radius 2 is 1.70 bits per heavy atom. The highest BCUT2D eigenvalue weighted by Gasteiger charge is 2.44. The lowest BCUT2D eigenvalue weighted by Crippen LogP contribution is -2.52. The summed E-state index contributed by atoms with van der Waals surface area (Å²) in [6.07, 6.45) is 13.1. The Morgan fingerprint density at radius 1 is 0.932 bits per heavy atom. The van der Waals surface area contributed by atoms with E-state index in [0.717, 1.165) is 73.9 Å². The summed E-state index contributed by atoms with van der Waals surface area (Å²) in [6, 6.07) is 13.1. The third-order valence-corrected chi connectivity index (χ3v) is 10.0. The summed E-state index contributed by atoms with van der Waals surface area (Å²) in [5, 5.41) is 8.17. The summed E-state index contributed by atoms with van der Waals surface area (Å²) < 4.78 is 3.92. The monoisotopic (exact) mass is 590 g/mol. The fourth-order valence-corrected chi connectivity index (χ4v) is 7.40. The second-order valence-corrected chi connectivity index (χ2v) is 13.1. The maximum Gasteiger partial charge on any atom is 0.317 e. The van der Waals surface area contributed by atoms with Gasteiger partial charge in [0.15, 0.2) is 22.9 Å². The van der Waals surface area contributed by atoms with E-state index in [0.29, 0.717) is 19.5 Å². The van der Waals surface area contributed by atoms with E-state index < -0.39 is 0 Å². The number of pyridine rings is 1. The van der Waals surface area contributed by atoms with Crippen LogP contribution in [0.3, 0.4) is 0 Å². The van der Waals surface area contributed by atoms with Crippen molar-refractivity contribution < 1.29 is 4.79 Å². The van der Waals surface area contributed by atoms with E-state index >= 15 is 0 Å². The minimum Gasteiger partial charge on any atom is -0.369 e. The highest BCUT2D eigenvalue weighted by atomic mass is 16.2. The molecule has 226 valence electrons. The van der Waals surface area contributed by atoms with Gasteiger partial charge < -0.3 is 24.4 Å². The molecule has 4 aromatic heterocycles. The van der Waals surface area contributed by atoms with Gasteiger partial charge in [-0.05, 0) is 43.4 Å². The lowest BCUT2D eigenvalue weighted by Gasteiger charge is -2.39. The molecule has 3 saturated heterocycles. The van der Waals surface area contributed by atoms with E-state index in [1.165, 1.54) is 11.3 Å². The van der Waals surface area contributed by atoms with Crippen LogP contribution in [0, 0.1) is 6.92 Å². The largest absolute Gasteiger partial charge is 0.369 e. The molecule has 3 aliphatic rings. The summed E-state index contributed by atoms with van der Waals surface area (Å²) in [5.41, 5.74) is 5.35.